The van der Waals surface area contributed by atoms with Gasteiger partial charge in [0.05, 0.1) is 0 Å². The van der Waals surface area contributed by atoms with Gasteiger partial charge < -0.3 is 5.32 Å². The minimum absolute atomic E-state index is 0.103. The first-order valence-electron chi connectivity index (χ1n) is 7.40. The summed E-state index contributed by atoms with van der Waals surface area (Å²) >= 11 is 0. The van der Waals surface area contributed by atoms with E-state index in [4.69, 9.17) is 0 Å². The van der Waals surface area contributed by atoms with Gasteiger partial charge in [-0.1, -0.05) is 44.2 Å². The topological polar surface area (TPSA) is 12.0 Å². The molecule has 112 valence electrons. The van der Waals surface area contributed by atoms with E-state index in [2.05, 4.69) is 30.4 Å². The monoisotopic (exact) mass is 289 g/mol. The smallest absolute Gasteiger partial charge is 0.159 e. The number of likely N-dealkylation sites (N-methyl/N-ethyl adjacent to an activating group) is 1. The molecule has 0 heterocycles. The van der Waals surface area contributed by atoms with Crippen molar-refractivity contribution in [2.75, 3.05) is 6.54 Å². The number of rotatable bonds is 6. The van der Waals surface area contributed by atoms with Gasteiger partial charge >= 0.3 is 0 Å². The number of aryl methyl sites for hydroxylation is 1. The quantitative estimate of drug-likeness (QED) is 0.830. The van der Waals surface area contributed by atoms with Gasteiger partial charge in [-0.15, -0.1) is 0 Å². The molecule has 0 fully saturated rings. The van der Waals surface area contributed by atoms with Gasteiger partial charge in [0.1, 0.15) is 0 Å². The summed E-state index contributed by atoms with van der Waals surface area (Å²) in [6.07, 6.45) is 1.62. The lowest BCUT2D eigenvalue weighted by Gasteiger charge is -2.19. The molecular formula is C18H21F2N. The van der Waals surface area contributed by atoms with Gasteiger partial charge in [-0.3, -0.25) is 0 Å². The van der Waals surface area contributed by atoms with E-state index in [-0.39, 0.29) is 6.04 Å². The van der Waals surface area contributed by atoms with Crippen LogP contribution in [0.3, 0.4) is 0 Å². The van der Waals surface area contributed by atoms with Gasteiger partial charge in [-0.05, 0) is 48.2 Å². The number of hydrogen-bond acceptors (Lipinski definition) is 1. The van der Waals surface area contributed by atoms with Crippen molar-refractivity contribution in [3.05, 3.63) is 70.8 Å². The Kier molecular flexibility index (Phi) is 5.45. The molecule has 0 aliphatic carbocycles. The van der Waals surface area contributed by atoms with Crippen LogP contribution in [0.4, 0.5) is 8.78 Å². The highest BCUT2D eigenvalue weighted by Gasteiger charge is 2.13. The fraction of sp³-hybridized carbons (Fsp3) is 0.333. The van der Waals surface area contributed by atoms with Crippen LogP contribution >= 0.6 is 0 Å². The molecule has 2 rings (SSSR count). The first-order valence-corrected chi connectivity index (χ1v) is 7.40. The lowest BCUT2D eigenvalue weighted by Crippen LogP contribution is -2.23. The Morgan fingerprint density at radius 1 is 0.952 bits per heavy atom. The summed E-state index contributed by atoms with van der Waals surface area (Å²) in [4.78, 5) is 0. The summed E-state index contributed by atoms with van der Waals surface area (Å²) < 4.78 is 26.4. The molecule has 0 aromatic heterocycles. The standard InChI is InChI=1S/C18H21F2N/c1-3-13-6-5-7-15(10-13)18(21-4-2)12-14-8-9-16(19)17(20)11-14/h5-11,18,21H,3-4,12H2,1-2H3. The van der Waals surface area contributed by atoms with Crippen molar-refractivity contribution in [2.24, 2.45) is 0 Å². The third-order valence-electron chi connectivity index (χ3n) is 3.64. The highest BCUT2D eigenvalue weighted by Crippen LogP contribution is 2.21. The number of halogens is 2. The van der Waals surface area contributed by atoms with E-state index in [0.717, 1.165) is 18.5 Å². The van der Waals surface area contributed by atoms with Crippen molar-refractivity contribution >= 4 is 0 Å². The van der Waals surface area contributed by atoms with Crippen molar-refractivity contribution in [1.82, 2.24) is 5.32 Å². The number of nitrogens with one attached hydrogen (secondary N) is 1. The van der Waals surface area contributed by atoms with Crippen LogP contribution in [0.1, 0.15) is 36.6 Å². The molecule has 2 aromatic rings. The molecule has 3 heteroatoms. The van der Waals surface area contributed by atoms with E-state index in [0.29, 0.717) is 6.42 Å². The predicted octanol–water partition coefficient (Wildman–Crippen LogP) is 4.42. The largest absolute Gasteiger partial charge is 0.310 e. The van der Waals surface area contributed by atoms with Crippen LogP contribution in [0.2, 0.25) is 0 Å². The average molecular weight is 289 g/mol. The normalized spacial score (nSPS) is 12.4. The van der Waals surface area contributed by atoms with Crippen LogP contribution in [0.5, 0.6) is 0 Å². The van der Waals surface area contributed by atoms with E-state index in [1.807, 2.05) is 13.0 Å². The molecule has 0 amide bonds. The van der Waals surface area contributed by atoms with Gasteiger partial charge in [0.15, 0.2) is 11.6 Å². The van der Waals surface area contributed by atoms with Crippen molar-refractivity contribution in [1.29, 1.82) is 0 Å². The summed E-state index contributed by atoms with van der Waals surface area (Å²) in [6.45, 7) is 4.99. The minimum atomic E-state index is -0.799. The van der Waals surface area contributed by atoms with E-state index in [9.17, 15) is 8.78 Å². The van der Waals surface area contributed by atoms with Crippen LogP contribution in [0.15, 0.2) is 42.5 Å². The second kappa shape index (κ2) is 7.32. The first-order chi connectivity index (χ1) is 10.1. The minimum Gasteiger partial charge on any atom is -0.310 e. The van der Waals surface area contributed by atoms with E-state index in [1.54, 1.807) is 6.07 Å². The molecule has 0 aliphatic rings. The van der Waals surface area contributed by atoms with Crippen LogP contribution in [0.25, 0.3) is 0 Å². The Morgan fingerprint density at radius 2 is 1.76 bits per heavy atom. The lowest BCUT2D eigenvalue weighted by molar-refractivity contribution is 0.502. The molecule has 1 nitrogen and oxygen atoms in total. The Bertz CT molecular complexity index is 596. The highest BCUT2D eigenvalue weighted by atomic mass is 19.2. The van der Waals surface area contributed by atoms with Gasteiger partial charge in [0, 0.05) is 6.04 Å². The summed E-state index contributed by atoms with van der Waals surface area (Å²) in [5.74, 6) is -1.59. The first kappa shape index (κ1) is 15.6. The highest BCUT2D eigenvalue weighted by molar-refractivity contribution is 5.28. The molecule has 0 saturated heterocycles. The summed E-state index contributed by atoms with van der Waals surface area (Å²) in [7, 11) is 0. The summed E-state index contributed by atoms with van der Waals surface area (Å²) in [5.41, 5.74) is 3.25. The zero-order valence-corrected chi connectivity index (χ0v) is 12.5. The molecule has 0 aliphatic heterocycles. The fourth-order valence-electron chi connectivity index (χ4n) is 2.49. The van der Waals surface area contributed by atoms with Crippen molar-refractivity contribution in [2.45, 2.75) is 32.7 Å². The van der Waals surface area contributed by atoms with Crippen molar-refractivity contribution in [3.8, 4) is 0 Å². The van der Waals surface area contributed by atoms with E-state index < -0.39 is 11.6 Å². The van der Waals surface area contributed by atoms with Gasteiger partial charge in [-0.25, -0.2) is 8.78 Å². The number of benzene rings is 2. The molecule has 0 spiro atoms. The summed E-state index contributed by atoms with van der Waals surface area (Å²) in [5, 5.41) is 3.42. The molecule has 0 saturated carbocycles. The van der Waals surface area contributed by atoms with E-state index in [1.165, 1.54) is 23.3 Å². The number of hydrogen-bond donors (Lipinski definition) is 1. The van der Waals surface area contributed by atoms with Gasteiger partial charge in [0.25, 0.3) is 0 Å². The van der Waals surface area contributed by atoms with Crippen LogP contribution < -0.4 is 5.32 Å². The fourth-order valence-corrected chi connectivity index (χ4v) is 2.49. The average Bonchev–Trinajstić information content (AvgIpc) is 2.50. The van der Waals surface area contributed by atoms with Crippen LogP contribution in [0, 0.1) is 11.6 Å². The Balaban J connectivity index is 2.23. The molecule has 2 aromatic carbocycles. The zero-order chi connectivity index (χ0) is 15.2. The third-order valence-corrected chi connectivity index (χ3v) is 3.64. The van der Waals surface area contributed by atoms with E-state index >= 15 is 0 Å². The lowest BCUT2D eigenvalue weighted by atomic mass is 9.96. The maximum Gasteiger partial charge on any atom is 0.159 e. The molecule has 0 radical (unpaired) electrons. The van der Waals surface area contributed by atoms with Crippen LogP contribution in [-0.4, -0.2) is 6.54 Å². The molecule has 1 atom stereocenters. The molecule has 21 heavy (non-hydrogen) atoms. The zero-order valence-electron chi connectivity index (χ0n) is 12.5. The maximum absolute atomic E-state index is 13.3. The van der Waals surface area contributed by atoms with Crippen molar-refractivity contribution < 1.29 is 8.78 Å². The van der Waals surface area contributed by atoms with Crippen LogP contribution in [-0.2, 0) is 12.8 Å². The second-order valence-corrected chi connectivity index (χ2v) is 5.16. The predicted molar refractivity (Wildman–Crippen MR) is 82.3 cm³/mol. The SMILES string of the molecule is CCNC(Cc1ccc(F)c(F)c1)c1cccc(CC)c1. The molecule has 0 bridgehead atoms. The Labute approximate surface area is 125 Å². The second-order valence-electron chi connectivity index (χ2n) is 5.16. The van der Waals surface area contributed by atoms with Gasteiger partial charge in [-0.2, -0.15) is 0 Å². The molecule has 1 unspecified atom stereocenters. The van der Waals surface area contributed by atoms with Crippen molar-refractivity contribution in [3.63, 3.8) is 0 Å². The molecular weight excluding hydrogens is 268 g/mol. The third kappa shape index (κ3) is 4.11. The van der Waals surface area contributed by atoms with Gasteiger partial charge in [0.2, 0.25) is 0 Å². The summed E-state index contributed by atoms with van der Waals surface area (Å²) in [6, 6.07) is 12.6. The maximum atomic E-state index is 13.3. The Hall–Kier alpha value is -1.74. The molecule has 1 N–H and O–H groups in total. The Morgan fingerprint density at radius 3 is 2.43 bits per heavy atom.